The van der Waals surface area contributed by atoms with Gasteiger partial charge in [-0.1, -0.05) is 32.0 Å². The van der Waals surface area contributed by atoms with Crippen LogP contribution in [0.3, 0.4) is 0 Å². The summed E-state index contributed by atoms with van der Waals surface area (Å²) in [5.41, 5.74) is 4.45. The molecule has 0 aliphatic carbocycles. The van der Waals surface area contributed by atoms with Crippen molar-refractivity contribution in [2.45, 2.75) is 46.5 Å². The molecule has 0 amide bonds. The topological polar surface area (TPSA) is 0 Å². The molecule has 1 aromatic rings. The lowest BCUT2D eigenvalue weighted by Gasteiger charge is -2.16. The molecule has 0 heteroatoms. The number of rotatable bonds is 3. The maximum absolute atomic E-state index is 2.28. The molecular formula is C13H20. The van der Waals surface area contributed by atoms with E-state index in [0.717, 1.165) is 5.92 Å². The fraction of sp³-hybridized carbons (Fsp3) is 0.538. The van der Waals surface area contributed by atoms with Gasteiger partial charge in [0.2, 0.25) is 0 Å². The summed E-state index contributed by atoms with van der Waals surface area (Å²) in [6, 6.07) is 6.65. The molecule has 0 bridgehead atoms. The van der Waals surface area contributed by atoms with Gasteiger partial charge in [-0.25, -0.2) is 0 Å². The van der Waals surface area contributed by atoms with E-state index in [2.05, 4.69) is 45.9 Å². The Morgan fingerprint density at radius 1 is 1.08 bits per heavy atom. The molecule has 0 aliphatic rings. The van der Waals surface area contributed by atoms with Crippen molar-refractivity contribution >= 4 is 0 Å². The van der Waals surface area contributed by atoms with Gasteiger partial charge < -0.3 is 0 Å². The maximum atomic E-state index is 2.28. The van der Waals surface area contributed by atoms with Crippen molar-refractivity contribution < 1.29 is 0 Å². The normalized spacial score (nSPS) is 10.8. The van der Waals surface area contributed by atoms with Crippen LogP contribution in [0.25, 0.3) is 0 Å². The molecule has 0 radical (unpaired) electrons. The van der Waals surface area contributed by atoms with Gasteiger partial charge in [0, 0.05) is 0 Å². The predicted octanol–water partition coefficient (Wildman–Crippen LogP) is 4.21. The maximum Gasteiger partial charge on any atom is -0.0164 e. The van der Waals surface area contributed by atoms with Crippen LogP contribution in [0, 0.1) is 13.8 Å². The molecule has 0 aromatic heterocycles. The highest BCUT2D eigenvalue weighted by atomic mass is 14.1. The minimum atomic E-state index is 0.750. The fourth-order valence-electron chi connectivity index (χ4n) is 1.94. The average molecular weight is 176 g/mol. The van der Waals surface area contributed by atoms with Crippen LogP contribution in [0.5, 0.6) is 0 Å². The largest absolute Gasteiger partial charge is 0.0648 e. The van der Waals surface area contributed by atoms with Crippen LogP contribution < -0.4 is 0 Å². The summed E-state index contributed by atoms with van der Waals surface area (Å²) in [6.45, 7) is 8.98. The molecule has 0 heterocycles. The Bertz CT molecular complexity index is 269. The predicted molar refractivity (Wildman–Crippen MR) is 59.2 cm³/mol. The van der Waals surface area contributed by atoms with Crippen LogP contribution in [0.2, 0.25) is 0 Å². The van der Waals surface area contributed by atoms with Crippen molar-refractivity contribution in [2.75, 3.05) is 0 Å². The van der Waals surface area contributed by atoms with Crippen LogP contribution in [0.15, 0.2) is 18.2 Å². The van der Waals surface area contributed by atoms with E-state index in [9.17, 15) is 0 Å². The highest BCUT2D eigenvalue weighted by molar-refractivity contribution is 5.35. The van der Waals surface area contributed by atoms with E-state index in [-0.39, 0.29) is 0 Å². The molecule has 1 rings (SSSR count). The number of hydrogen-bond acceptors (Lipinski definition) is 0. The summed E-state index contributed by atoms with van der Waals surface area (Å²) >= 11 is 0. The van der Waals surface area contributed by atoms with E-state index < -0.39 is 0 Å². The van der Waals surface area contributed by atoms with Crippen LogP contribution in [0.4, 0.5) is 0 Å². The van der Waals surface area contributed by atoms with Crippen molar-refractivity contribution in [2.24, 2.45) is 0 Å². The van der Waals surface area contributed by atoms with E-state index >= 15 is 0 Å². The molecule has 13 heavy (non-hydrogen) atoms. The third kappa shape index (κ3) is 2.12. The summed E-state index contributed by atoms with van der Waals surface area (Å²) in [7, 11) is 0. The Morgan fingerprint density at radius 3 is 2.23 bits per heavy atom. The lowest BCUT2D eigenvalue weighted by Crippen LogP contribution is -1.99. The smallest absolute Gasteiger partial charge is 0.0164 e. The van der Waals surface area contributed by atoms with Gasteiger partial charge in [-0.15, -0.1) is 0 Å². The first-order valence-corrected chi connectivity index (χ1v) is 5.26. The summed E-state index contributed by atoms with van der Waals surface area (Å²) in [5, 5.41) is 0. The Morgan fingerprint density at radius 2 is 1.69 bits per heavy atom. The van der Waals surface area contributed by atoms with Crippen molar-refractivity contribution in [3.05, 3.63) is 34.9 Å². The van der Waals surface area contributed by atoms with Gasteiger partial charge in [-0.2, -0.15) is 0 Å². The molecule has 0 aliphatic heterocycles. The van der Waals surface area contributed by atoms with E-state index in [1.807, 2.05) is 0 Å². The molecule has 0 N–H and O–H groups in total. The zero-order chi connectivity index (χ0) is 9.84. The zero-order valence-corrected chi connectivity index (χ0v) is 9.22. The van der Waals surface area contributed by atoms with Crippen LogP contribution >= 0.6 is 0 Å². The van der Waals surface area contributed by atoms with Crippen molar-refractivity contribution in [1.82, 2.24) is 0 Å². The minimum Gasteiger partial charge on any atom is -0.0648 e. The number of benzene rings is 1. The zero-order valence-electron chi connectivity index (χ0n) is 9.22. The van der Waals surface area contributed by atoms with Crippen LogP contribution in [-0.2, 0) is 0 Å². The van der Waals surface area contributed by atoms with Gasteiger partial charge in [-0.3, -0.25) is 0 Å². The lowest BCUT2D eigenvalue weighted by atomic mass is 9.89. The SMILES string of the molecule is CCC(CC)c1cccc(C)c1C. The van der Waals surface area contributed by atoms with Gasteiger partial charge in [0.1, 0.15) is 0 Å². The number of hydrogen-bond donors (Lipinski definition) is 0. The van der Waals surface area contributed by atoms with E-state index in [1.54, 1.807) is 5.56 Å². The summed E-state index contributed by atoms with van der Waals surface area (Å²) in [4.78, 5) is 0. The molecule has 0 atom stereocenters. The quantitative estimate of drug-likeness (QED) is 0.647. The standard InChI is InChI=1S/C13H20/c1-5-12(6-2)13-9-7-8-10(3)11(13)4/h7-9,12H,5-6H2,1-4H3. The van der Waals surface area contributed by atoms with E-state index in [1.165, 1.54) is 24.0 Å². The first-order valence-electron chi connectivity index (χ1n) is 5.26. The third-order valence-electron chi connectivity index (χ3n) is 3.07. The van der Waals surface area contributed by atoms with Crippen molar-refractivity contribution in [3.8, 4) is 0 Å². The van der Waals surface area contributed by atoms with Gasteiger partial charge >= 0.3 is 0 Å². The molecule has 0 saturated heterocycles. The van der Waals surface area contributed by atoms with Crippen molar-refractivity contribution in [1.29, 1.82) is 0 Å². The molecule has 1 aromatic carbocycles. The Kier molecular flexibility index (Phi) is 3.53. The second-order valence-corrected chi connectivity index (χ2v) is 3.80. The van der Waals surface area contributed by atoms with E-state index in [4.69, 9.17) is 0 Å². The molecule has 0 fully saturated rings. The van der Waals surface area contributed by atoms with Gasteiger partial charge in [-0.05, 0) is 49.3 Å². The Labute approximate surface area is 82.0 Å². The Balaban J connectivity index is 3.05. The fourth-order valence-corrected chi connectivity index (χ4v) is 1.94. The molecule has 0 nitrogen and oxygen atoms in total. The molecule has 0 spiro atoms. The first kappa shape index (κ1) is 10.3. The summed E-state index contributed by atoms with van der Waals surface area (Å²) in [5.74, 6) is 0.750. The lowest BCUT2D eigenvalue weighted by molar-refractivity contribution is 0.637. The molecule has 0 unspecified atom stereocenters. The van der Waals surface area contributed by atoms with Gasteiger partial charge in [0.25, 0.3) is 0 Å². The monoisotopic (exact) mass is 176 g/mol. The minimum absolute atomic E-state index is 0.750. The molecule has 0 saturated carbocycles. The van der Waals surface area contributed by atoms with Gasteiger partial charge in [0.15, 0.2) is 0 Å². The van der Waals surface area contributed by atoms with E-state index in [0.29, 0.717) is 0 Å². The van der Waals surface area contributed by atoms with Gasteiger partial charge in [0.05, 0.1) is 0 Å². The van der Waals surface area contributed by atoms with Crippen molar-refractivity contribution in [3.63, 3.8) is 0 Å². The van der Waals surface area contributed by atoms with Crippen LogP contribution in [-0.4, -0.2) is 0 Å². The first-order chi connectivity index (χ1) is 6.20. The Hall–Kier alpha value is -0.780. The second-order valence-electron chi connectivity index (χ2n) is 3.80. The number of aryl methyl sites for hydroxylation is 1. The third-order valence-corrected chi connectivity index (χ3v) is 3.07. The molecule has 72 valence electrons. The highest BCUT2D eigenvalue weighted by Crippen LogP contribution is 2.27. The van der Waals surface area contributed by atoms with Crippen LogP contribution in [0.1, 0.15) is 49.3 Å². The average Bonchev–Trinajstić information content (AvgIpc) is 2.14. The second kappa shape index (κ2) is 4.45. The summed E-state index contributed by atoms with van der Waals surface area (Å²) in [6.07, 6.45) is 2.50. The molecular weight excluding hydrogens is 156 g/mol. The highest BCUT2D eigenvalue weighted by Gasteiger charge is 2.09. The summed E-state index contributed by atoms with van der Waals surface area (Å²) < 4.78 is 0.